The largest absolute Gasteiger partial charge is 0.394 e. The van der Waals surface area contributed by atoms with Crippen LogP contribution in [0.15, 0.2) is 12.2 Å². The molecule has 0 aromatic rings. The molecule has 0 aromatic heterocycles. The van der Waals surface area contributed by atoms with Crippen molar-refractivity contribution in [3.8, 4) is 0 Å². The summed E-state index contributed by atoms with van der Waals surface area (Å²) in [4.78, 5) is 12.3. The fraction of sp³-hybridized carbons (Fsp3) is 0.921. The summed E-state index contributed by atoms with van der Waals surface area (Å²) in [6.45, 7) is 4.32. The molecule has 4 heteroatoms. The maximum absolute atomic E-state index is 12.3. The molecule has 0 saturated carbocycles. The predicted molar refractivity (Wildman–Crippen MR) is 184 cm³/mol. The number of aliphatic hydroxyl groups excluding tert-OH is 2. The Kier molecular flexibility index (Phi) is 33.9. The highest BCUT2D eigenvalue weighted by Gasteiger charge is 2.19. The lowest BCUT2D eigenvalue weighted by molar-refractivity contribution is -0.123. The van der Waals surface area contributed by atoms with E-state index in [1.165, 1.54) is 148 Å². The monoisotopic (exact) mass is 594 g/mol. The van der Waals surface area contributed by atoms with Crippen LogP contribution >= 0.6 is 0 Å². The standard InChI is InChI=1S/C38H75NO3/c1-3-5-7-9-11-13-15-16-17-18-19-20-21-22-23-24-26-28-30-32-34-38(42)39-36(35-40)37(41)33-31-29-27-25-14-12-10-8-6-4-2/h14,25,36-37,40-41H,3-13,15-24,26-35H2,1-2H3,(H,39,42)/b25-14+/t36-,37+/m0/s1. The van der Waals surface area contributed by atoms with Crippen LogP contribution in [0.4, 0.5) is 0 Å². The smallest absolute Gasteiger partial charge is 0.220 e. The molecule has 42 heavy (non-hydrogen) atoms. The molecule has 0 aliphatic rings. The van der Waals surface area contributed by atoms with Gasteiger partial charge in [-0.2, -0.15) is 0 Å². The molecule has 250 valence electrons. The number of aliphatic hydroxyl groups is 2. The van der Waals surface area contributed by atoms with E-state index in [-0.39, 0.29) is 12.5 Å². The lowest BCUT2D eigenvalue weighted by Crippen LogP contribution is -2.45. The van der Waals surface area contributed by atoms with Crippen molar-refractivity contribution in [2.45, 2.75) is 219 Å². The van der Waals surface area contributed by atoms with Crippen molar-refractivity contribution in [2.24, 2.45) is 0 Å². The quantitative estimate of drug-likeness (QED) is 0.0513. The van der Waals surface area contributed by atoms with Gasteiger partial charge in [-0.25, -0.2) is 0 Å². The van der Waals surface area contributed by atoms with Crippen LogP contribution < -0.4 is 5.32 Å². The number of carbonyl (C=O) groups excluding carboxylic acids is 1. The summed E-state index contributed by atoms with van der Waals surface area (Å²) in [6.07, 6.45) is 41.3. The van der Waals surface area contributed by atoms with Crippen molar-refractivity contribution in [2.75, 3.05) is 6.61 Å². The van der Waals surface area contributed by atoms with E-state index in [0.717, 1.165) is 32.1 Å². The zero-order chi connectivity index (χ0) is 30.8. The number of amides is 1. The van der Waals surface area contributed by atoms with Crippen LogP contribution in [-0.4, -0.2) is 34.9 Å². The molecule has 0 heterocycles. The Morgan fingerprint density at radius 3 is 1.31 bits per heavy atom. The van der Waals surface area contributed by atoms with Crippen molar-refractivity contribution in [1.29, 1.82) is 0 Å². The summed E-state index contributed by atoms with van der Waals surface area (Å²) < 4.78 is 0. The van der Waals surface area contributed by atoms with Crippen LogP contribution in [0, 0.1) is 0 Å². The number of allylic oxidation sites excluding steroid dienone is 2. The Morgan fingerprint density at radius 1 is 0.548 bits per heavy atom. The van der Waals surface area contributed by atoms with E-state index >= 15 is 0 Å². The first-order valence-corrected chi connectivity index (χ1v) is 18.9. The second-order valence-corrected chi connectivity index (χ2v) is 13.0. The van der Waals surface area contributed by atoms with Gasteiger partial charge in [0.05, 0.1) is 18.8 Å². The molecule has 2 atom stereocenters. The lowest BCUT2D eigenvalue weighted by Gasteiger charge is -2.22. The van der Waals surface area contributed by atoms with Gasteiger partial charge in [0.2, 0.25) is 5.91 Å². The zero-order valence-electron chi connectivity index (χ0n) is 28.5. The van der Waals surface area contributed by atoms with Gasteiger partial charge in [0.15, 0.2) is 0 Å². The number of nitrogens with one attached hydrogen (secondary N) is 1. The van der Waals surface area contributed by atoms with E-state index in [4.69, 9.17) is 0 Å². The maximum atomic E-state index is 12.3. The van der Waals surface area contributed by atoms with Crippen LogP contribution in [0.25, 0.3) is 0 Å². The van der Waals surface area contributed by atoms with Gasteiger partial charge in [-0.1, -0.05) is 174 Å². The number of hydrogen-bond donors (Lipinski definition) is 3. The molecule has 1 amide bonds. The number of carbonyl (C=O) groups is 1. The van der Waals surface area contributed by atoms with Gasteiger partial charge in [-0.15, -0.1) is 0 Å². The first kappa shape index (κ1) is 41.1. The number of rotatable bonds is 34. The minimum atomic E-state index is -0.674. The molecule has 0 bridgehead atoms. The SMILES string of the molecule is CCCCCC/C=C/CCCC[C@@H](O)[C@H](CO)NC(=O)CCCCCCCCCCCCCCCCCCCCCC. The summed E-state index contributed by atoms with van der Waals surface area (Å²) in [5.74, 6) is -0.0403. The third-order valence-corrected chi connectivity index (χ3v) is 8.78. The fourth-order valence-corrected chi connectivity index (χ4v) is 5.82. The van der Waals surface area contributed by atoms with E-state index < -0.39 is 12.1 Å². The molecule has 0 aliphatic carbocycles. The van der Waals surface area contributed by atoms with Gasteiger partial charge in [0.1, 0.15) is 0 Å². The van der Waals surface area contributed by atoms with Gasteiger partial charge in [-0.3, -0.25) is 4.79 Å². The maximum Gasteiger partial charge on any atom is 0.220 e. The third kappa shape index (κ3) is 30.6. The summed E-state index contributed by atoms with van der Waals surface area (Å²) in [6, 6.07) is -0.545. The molecule has 0 radical (unpaired) electrons. The van der Waals surface area contributed by atoms with Crippen molar-refractivity contribution in [3.63, 3.8) is 0 Å². The van der Waals surface area contributed by atoms with Gasteiger partial charge in [-0.05, 0) is 38.5 Å². The van der Waals surface area contributed by atoms with E-state index in [2.05, 4.69) is 31.3 Å². The van der Waals surface area contributed by atoms with Crippen molar-refractivity contribution >= 4 is 5.91 Å². The molecule has 0 unspecified atom stereocenters. The van der Waals surface area contributed by atoms with Gasteiger partial charge in [0, 0.05) is 6.42 Å². The van der Waals surface area contributed by atoms with Gasteiger partial charge < -0.3 is 15.5 Å². The van der Waals surface area contributed by atoms with Crippen molar-refractivity contribution in [3.05, 3.63) is 12.2 Å². The van der Waals surface area contributed by atoms with E-state index in [0.29, 0.717) is 12.8 Å². The van der Waals surface area contributed by atoms with E-state index in [1.807, 2.05) is 0 Å². The first-order valence-electron chi connectivity index (χ1n) is 18.9. The minimum Gasteiger partial charge on any atom is -0.394 e. The summed E-state index contributed by atoms with van der Waals surface area (Å²) in [7, 11) is 0. The van der Waals surface area contributed by atoms with E-state index in [9.17, 15) is 15.0 Å². The third-order valence-electron chi connectivity index (χ3n) is 8.78. The molecule has 4 nitrogen and oxygen atoms in total. The van der Waals surface area contributed by atoms with Crippen LogP contribution in [-0.2, 0) is 4.79 Å². The average molecular weight is 594 g/mol. The molecule has 0 aliphatic heterocycles. The Bertz CT molecular complexity index is 565. The van der Waals surface area contributed by atoms with Crippen molar-refractivity contribution in [1.82, 2.24) is 5.32 Å². The highest BCUT2D eigenvalue weighted by Crippen LogP contribution is 2.15. The van der Waals surface area contributed by atoms with Gasteiger partial charge >= 0.3 is 0 Å². The second-order valence-electron chi connectivity index (χ2n) is 13.0. The topological polar surface area (TPSA) is 69.6 Å². The van der Waals surface area contributed by atoms with Crippen LogP contribution in [0.2, 0.25) is 0 Å². The zero-order valence-corrected chi connectivity index (χ0v) is 28.5. The number of unbranched alkanes of at least 4 members (excludes halogenated alkanes) is 25. The highest BCUT2D eigenvalue weighted by atomic mass is 16.3. The summed E-state index contributed by atoms with van der Waals surface area (Å²) >= 11 is 0. The molecular weight excluding hydrogens is 518 g/mol. The van der Waals surface area contributed by atoms with E-state index in [1.54, 1.807) is 0 Å². The Labute approximate surface area is 263 Å². The normalized spacial score (nSPS) is 13.1. The molecule has 0 rings (SSSR count). The highest BCUT2D eigenvalue weighted by molar-refractivity contribution is 5.76. The Morgan fingerprint density at radius 2 is 0.905 bits per heavy atom. The molecule has 3 N–H and O–H groups in total. The lowest BCUT2D eigenvalue weighted by atomic mass is 10.0. The number of hydrogen-bond acceptors (Lipinski definition) is 3. The average Bonchev–Trinajstić information content (AvgIpc) is 2.99. The minimum absolute atomic E-state index is 0.0403. The molecular formula is C38H75NO3. The fourth-order valence-electron chi connectivity index (χ4n) is 5.82. The predicted octanol–water partition coefficient (Wildman–Crippen LogP) is 11.1. The molecule has 0 spiro atoms. The summed E-state index contributed by atoms with van der Waals surface area (Å²) in [5.41, 5.74) is 0. The molecule has 0 fully saturated rings. The second kappa shape index (κ2) is 34.6. The Balaban J connectivity index is 3.49. The summed E-state index contributed by atoms with van der Waals surface area (Å²) in [5, 5.41) is 22.9. The Hall–Kier alpha value is -0.870. The van der Waals surface area contributed by atoms with Crippen LogP contribution in [0.1, 0.15) is 206 Å². The first-order chi connectivity index (χ1) is 20.7. The molecule has 0 aromatic carbocycles. The van der Waals surface area contributed by atoms with Gasteiger partial charge in [0.25, 0.3) is 0 Å². The molecule has 0 saturated heterocycles. The van der Waals surface area contributed by atoms with Crippen LogP contribution in [0.3, 0.4) is 0 Å². The van der Waals surface area contributed by atoms with Crippen LogP contribution in [0.5, 0.6) is 0 Å². The van der Waals surface area contributed by atoms with Crippen molar-refractivity contribution < 1.29 is 15.0 Å².